The molecule has 1 aromatic carbocycles. The number of nitrogens with zero attached hydrogens (tertiary/aromatic N) is 2. The van der Waals surface area contributed by atoms with Crippen molar-refractivity contribution >= 4 is 33.4 Å². The normalized spacial score (nSPS) is 11.6. The maximum Gasteiger partial charge on any atom is 0.410 e. The Hall–Kier alpha value is -1.81. The van der Waals surface area contributed by atoms with E-state index in [0.29, 0.717) is 5.75 Å². The van der Waals surface area contributed by atoms with Gasteiger partial charge in [0.1, 0.15) is 6.61 Å². The molecule has 146 valence electrons. The van der Waals surface area contributed by atoms with Gasteiger partial charge in [0.2, 0.25) is 0 Å². The number of hydrogen-bond donors (Lipinski definition) is 0. The van der Waals surface area contributed by atoms with E-state index in [1.54, 1.807) is 28.6 Å². The molecule has 0 heterocycles. The number of benzene rings is 1. The third kappa shape index (κ3) is 6.17. The zero-order valence-corrected chi connectivity index (χ0v) is 17.1. The quantitative estimate of drug-likeness (QED) is 0.250. The van der Waals surface area contributed by atoms with Crippen molar-refractivity contribution in [3.63, 3.8) is 0 Å². The molecule has 1 atom stereocenters. The molecule has 1 aromatic rings. The summed E-state index contributed by atoms with van der Waals surface area (Å²) in [5, 5.41) is 11.3. The highest BCUT2D eigenvalue weighted by molar-refractivity contribution is 8.76. The zero-order valence-electron chi connectivity index (χ0n) is 15.5. The van der Waals surface area contributed by atoms with Gasteiger partial charge in [0, 0.05) is 24.6 Å². The molecule has 0 aliphatic heterocycles. The molecule has 0 fully saturated rings. The van der Waals surface area contributed by atoms with Crippen molar-refractivity contribution in [1.29, 1.82) is 0 Å². The van der Waals surface area contributed by atoms with Gasteiger partial charge >= 0.3 is 6.09 Å². The van der Waals surface area contributed by atoms with Crippen LogP contribution in [0.25, 0.3) is 0 Å². The first-order chi connectivity index (χ1) is 12.3. The minimum absolute atomic E-state index is 0.0214. The molecule has 0 saturated carbocycles. The van der Waals surface area contributed by atoms with Gasteiger partial charge in [0.05, 0.1) is 30.8 Å². The molecule has 26 heavy (non-hydrogen) atoms. The van der Waals surface area contributed by atoms with Crippen molar-refractivity contribution in [2.24, 2.45) is 0 Å². The van der Waals surface area contributed by atoms with Crippen LogP contribution in [0.15, 0.2) is 12.1 Å². The van der Waals surface area contributed by atoms with Crippen molar-refractivity contribution < 1.29 is 23.9 Å². The molecule has 0 aromatic heterocycles. The fraction of sp³-hybridized carbons (Fsp3) is 0.562. The lowest BCUT2D eigenvalue weighted by Gasteiger charge is -2.23. The summed E-state index contributed by atoms with van der Waals surface area (Å²) in [5.41, 5.74) is 0.0408. The van der Waals surface area contributed by atoms with E-state index in [2.05, 4.69) is 6.92 Å². The lowest BCUT2D eigenvalue weighted by atomic mass is 10.1. The first-order valence-electron chi connectivity index (χ1n) is 7.88. The lowest BCUT2D eigenvalue weighted by Crippen LogP contribution is -2.36. The van der Waals surface area contributed by atoms with E-state index >= 15 is 0 Å². The van der Waals surface area contributed by atoms with Gasteiger partial charge in [-0.15, -0.1) is 0 Å². The fourth-order valence-corrected chi connectivity index (χ4v) is 4.02. The second-order valence-corrected chi connectivity index (χ2v) is 8.09. The molecule has 1 amide bonds. The number of carbonyl (C=O) groups excluding carboxylic acids is 1. The predicted molar refractivity (Wildman–Crippen MR) is 104 cm³/mol. The summed E-state index contributed by atoms with van der Waals surface area (Å²) in [6, 6.07) is 2.68. The number of nitro benzene ring substituents is 1. The van der Waals surface area contributed by atoms with Crippen LogP contribution in [0.2, 0.25) is 0 Å². The average molecular weight is 405 g/mol. The van der Waals surface area contributed by atoms with Crippen molar-refractivity contribution in [2.45, 2.75) is 26.5 Å². The van der Waals surface area contributed by atoms with Crippen LogP contribution < -0.4 is 9.47 Å². The van der Waals surface area contributed by atoms with Crippen molar-refractivity contribution in [3.05, 3.63) is 27.8 Å². The summed E-state index contributed by atoms with van der Waals surface area (Å²) in [5.74, 6) is 2.33. The largest absolute Gasteiger partial charge is 0.493 e. The summed E-state index contributed by atoms with van der Waals surface area (Å²) in [6.45, 7) is 3.75. The molecule has 1 unspecified atom stereocenters. The van der Waals surface area contributed by atoms with Crippen LogP contribution in [0.5, 0.6) is 11.5 Å². The second kappa shape index (κ2) is 11.0. The lowest BCUT2D eigenvalue weighted by molar-refractivity contribution is -0.385. The van der Waals surface area contributed by atoms with Gasteiger partial charge in [-0.3, -0.25) is 10.1 Å². The molecule has 0 radical (unpaired) electrons. The second-order valence-electron chi connectivity index (χ2n) is 5.30. The number of ether oxygens (including phenoxy) is 3. The Balaban J connectivity index is 2.82. The Kier molecular flexibility index (Phi) is 9.42. The van der Waals surface area contributed by atoms with E-state index in [0.717, 1.165) is 11.5 Å². The van der Waals surface area contributed by atoms with Crippen LogP contribution in [0.1, 0.15) is 19.4 Å². The Morgan fingerprint density at radius 2 is 1.88 bits per heavy atom. The van der Waals surface area contributed by atoms with Crippen LogP contribution in [0.4, 0.5) is 10.5 Å². The maximum absolute atomic E-state index is 12.2. The van der Waals surface area contributed by atoms with E-state index in [-0.39, 0.29) is 29.6 Å². The van der Waals surface area contributed by atoms with Crippen molar-refractivity contribution in [1.82, 2.24) is 4.90 Å². The SMILES string of the molecule is CCSSCC(C)N(C)C(=O)OCc1cc(OC)c(OC)cc1[N+](=O)[O-]. The molecule has 0 aliphatic carbocycles. The summed E-state index contributed by atoms with van der Waals surface area (Å²) in [4.78, 5) is 24.4. The molecule has 0 saturated heterocycles. The highest BCUT2D eigenvalue weighted by Gasteiger charge is 2.22. The molecule has 8 nitrogen and oxygen atoms in total. The van der Waals surface area contributed by atoms with Crippen LogP contribution in [0.3, 0.4) is 0 Å². The Morgan fingerprint density at radius 1 is 1.27 bits per heavy atom. The molecule has 0 aliphatic rings. The van der Waals surface area contributed by atoms with Gasteiger partial charge in [-0.25, -0.2) is 4.79 Å². The van der Waals surface area contributed by atoms with Gasteiger partial charge in [0.15, 0.2) is 11.5 Å². The minimum atomic E-state index is -0.546. The van der Waals surface area contributed by atoms with Gasteiger partial charge < -0.3 is 19.1 Å². The van der Waals surface area contributed by atoms with E-state index in [1.165, 1.54) is 31.3 Å². The summed E-state index contributed by atoms with van der Waals surface area (Å²) >= 11 is 0. The molecule has 0 N–H and O–H groups in total. The first kappa shape index (κ1) is 22.2. The van der Waals surface area contributed by atoms with Crippen LogP contribution in [-0.2, 0) is 11.3 Å². The summed E-state index contributed by atoms with van der Waals surface area (Å²) in [7, 11) is 7.88. The van der Waals surface area contributed by atoms with Gasteiger partial charge in [-0.2, -0.15) is 0 Å². The van der Waals surface area contributed by atoms with E-state index in [4.69, 9.17) is 14.2 Å². The fourth-order valence-electron chi connectivity index (χ4n) is 1.96. The number of methoxy groups -OCH3 is 2. The smallest absolute Gasteiger partial charge is 0.410 e. The zero-order chi connectivity index (χ0) is 19.7. The Labute approximate surface area is 161 Å². The molecule has 10 heteroatoms. The molecule has 0 bridgehead atoms. The van der Waals surface area contributed by atoms with E-state index in [9.17, 15) is 14.9 Å². The first-order valence-corrected chi connectivity index (χ1v) is 10.4. The Morgan fingerprint density at radius 3 is 2.42 bits per heavy atom. The molecular formula is C16H24N2O6S2. The minimum Gasteiger partial charge on any atom is -0.493 e. The number of hydrogen-bond acceptors (Lipinski definition) is 8. The summed E-state index contributed by atoms with van der Waals surface area (Å²) in [6.07, 6.45) is -0.538. The van der Waals surface area contributed by atoms with E-state index < -0.39 is 11.0 Å². The van der Waals surface area contributed by atoms with Gasteiger partial charge in [-0.05, 0) is 13.0 Å². The third-order valence-electron chi connectivity index (χ3n) is 3.59. The molecular weight excluding hydrogens is 380 g/mol. The van der Waals surface area contributed by atoms with Crippen LogP contribution >= 0.6 is 21.6 Å². The van der Waals surface area contributed by atoms with Gasteiger partial charge in [0.25, 0.3) is 5.69 Å². The standard InChI is InChI=1S/C16H24N2O6S2/c1-6-25-26-10-11(2)17(3)16(19)24-9-12-7-14(22-4)15(23-5)8-13(12)18(20)21/h7-8,11H,6,9-10H2,1-5H3. The highest BCUT2D eigenvalue weighted by Crippen LogP contribution is 2.34. The number of rotatable bonds is 10. The number of amides is 1. The average Bonchev–Trinajstić information content (AvgIpc) is 2.64. The van der Waals surface area contributed by atoms with Crippen LogP contribution in [0, 0.1) is 10.1 Å². The molecule has 1 rings (SSSR count). The number of carbonyl (C=O) groups is 1. The monoisotopic (exact) mass is 404 g/mol. The highest BCUT2D eigenvalue weighted by atomic mass is 33.1. The third-order valence-corrected chi connectivity index (χ3v) is 6.23. The van der Waals surface area contributed by atoms with Crippen molar-refractivity contribution in [2.75, 3.05) is 32.8 Å². The summed E-state index contributed by atoms with van der Waals surface area (Å²) < 4.78 is 15.5. The Bertz CT molecular complexity index is 629. The van der Waals surface area contributed by atoms with Gasteiger partial charge in [-0.1, -0.05) is 28.5 Å². The van der Waals surface area contributed by atoms with Crippen LogP contribution in [-0.4, -0.2) is 54.7 Å². The molecule has 0 spiro atoms. The maximum atomic E-state index is 12.2. The topological polar surface area (TPSA) is 91.1 Å². The predicted octanol–water partition coefficient (Wildman–Crippen LogP) is 3.97. The number of nitro groups is 1. The van der Waals surface area contributed by atoms with E-state index in [1.807, 2.05) is 6.92 Å². The van der Waals surface area contributed by atoms with Crippen molar-refractivity contribution in [3.8, 4) is 11.5 Å².